The molecule has 0 aliphatic heterocycles. The number of ether oxygens (including phenoxy) is 1. The third-order valence-electron chi connectivity index (χ3n) is 2.04. The van der Waals surface area contributed by atoms with Crippen LogP contribution in [0.25, 0.3) is 6.08 Å². The van der Waals surface area contributed by atoms with Gasteiger partial charge in [-0.05, 0) is 19.4 Å². The van der Waals surface area contributed by atoms with Crippen LogP contribution in [0.1, 0.15) is 25.8 Å². The molecule has 0 amide bonds. The second-order valence-electron chi connectivity index (χ2n) is 3.08. The second kappa shape index (κ2) is 4.70. The summed E-state index contributed by atoms with van der Waals surface area (Å²) in [4.78, 5) is 0. The minimum atomic E-state index is 0.265. The lowest BCUT2D eigenvalue weighted by atomic mass is 10.2. The van der Waals surface area contributed by atoms with E-state index < -0.39 is 0 Å². The molecular formula is C12H16O. The summed E-state index contributed by atoms with van der Waals surface area (Å²) in [6.07, 6.45) is 3.10. The van der Waals surface area contributed by atoms with Crippen molar-refractivity contribution in [3.63, 3.8) is 0 Å². The normalized spacial score (nSPS) is 12.2. The van der Waals surface area contributed by atoms with Gasteiger partial charge in [0.25, 0.3) is 0 Å². The monoisotopic (exact) mass is 176 g/mol. The van der Waals surface area contributed by atoms with Gasteiger partial charge in [-0.25, -0.2) is 0 Å². The zero-order chi connectivity index (χ0) is 9.68. The molecule has 1 aromatic carbocycles. The van der Waals surface area contributed by atoms with Gasteiger partial charge in [0.2, 0.25) is 0 Å². The number of para-hydroxylation sites is 1. The lowest BCUT2D eigenvalue weighted by Crippen LogP contribution is -2.10. The molecule has 0 N–H and O–H groups in total. The van der Waals surface area contributed by atoms with Crippen LogP contribution >= 0.6 is 0 Å². The van der Waals surface area contributed by atoms with Gasteiger partial charge in [0.1, 0.15) is 5.75 Å². The molecule has 0 spiro atoms. The number of hydrogen-bond acceptors (Lipinski definition) is 1. The summed E-state index contributed by atoms with van der Waals surface area (Å²) >= 11 is 0. The minimum Gasteiger partial charge on any atom is -0.490 e. The molecule has 1 unspecified atom stereocenters. The van der Waals surface area contributed by atoms with Crippen molar-refractivity contribution in [2.45, 2.75) is 26.4 Å². The van der Waals surface area contributed by atoms with Crippen LogP contribution in [0.3, 0.4) is 0 Å². The first-order valence-corrected chi connectivity index (χ1v) is 4.66. The molecule has 1 nitrogen and oxygen atoms in total. The van der Waals surface area contributed by atoms with Crippen LogP contribution in [0, 0.1) is 0 Å². The molecule has 0 radical (unpaired) electrons. The lowest BCUT2D eigenvalue weighted by molar-refractivity contribution is 0.217. The van der Waals surface area contributed by atoms with Crippen molar-refractivity contribution in [1.29, 1.82) is 0 Å². The van der Waals surface area contributed by atoms with Crippen molar-refractivity contribution in [3.8, 4) is 5.75 Å². The van der Waals surface area contributed by atoms with E-state index in [9.17, 15) is 0 Å². The van der Waals surface area contributed by atoms with Gasteiger partial charge in [-0.15, -0.1) is 0 Å². The summed E-state index contributed by atoms with van der Waals surface area (Å²) in [5.74, 6) is 0.923. The molecule has 0 saturated heterocycles. The van der Waals surface area contributed by atoms with Crippen LogP contribution in [-0.2, 0) is 0 Å². The molecule has 13 heavy (non-hydrogen) atoms. The minimum absolute atomic E-state index is 0.265. The van der Waals surface area contributed by atoms with Gasteiger partial charge in [-0.1, -0.05) is 37.8 Å². The van der Waals surface area contributed by atoms with Crippen molar-refractivity contribution in [2.75, 3.05) is 0 Å². The van der Waals surface area contributed by atoms with Gasteiger partial charge in [-0.3, -0.25) is 0 Å². The summed E-state index contributed by atoms with van der Waals surface area (Å²) in [5.41, 5.74) is 1.06. The van der Waals surface area contributed by atoms with Crippen molar-refractivity contribution >= 4 is 6.08 Å². The van der Waals surface area contributed by atoms with E-state index in [1.807, 2.05) is 30.3 Å². The molecule has 0 aromatic heterocycles. The molecule has 0 fully saturated rings. The predicted octanol–water partition coefficient (Wildman–Crippen LogP) is 3.51. The quantitative estimate of drug-likeness (QED) is 0.682. The molecule has 1 atom stereocenters. The van der Waals surface area contributed by atoms with Gasteiger partial charge in [0, 0.05) is 5.56 Å². The smallest absolute Gasteiger partial charge is 0.126 e. The number of rotatable bonds is 4. The Balaban J connectivity index is 2.80. The molecule has 0 saturated carbocycles. The average molecular weight is 176 g/mol. The maximum absolute atomic E-state index is 5.71. The lowest BCUT2D eigenvalue weighted by Gasteiger charge is -2.14. The topological polar surface area (TPSA) is 9.23 Å². The molecule has 0 aliphatic carbocycles. The van der Waals surface area contributed by atoms with Gasteiger partial charge in [0.15, 0.2) is 0 Å². The fourth-order valence-electron chi connectivity index (χ4n) is 1.06. The summed E-state index contributed by atoms with van der Waals surface area (Å²) in [6.45, 7) is 7.93. The van der Waals surface area contributed by atoms with Gasteiger partial charge >= 0.3 is 0 Å². The van der Waals surface area contributed by atoms with Crippen molar-refractivity contribution < 1.29 is 4.74 Å². The summed E-state index contributed by atoms with van der Waals surface area (Å²) < 4.78 is 5.71. The highest BCUT2D eigenvalue weighted by atomic mass is 16.5. The maximum Gasteiger partial charge on any atom is 0.126 e. The Morgan fingerprint density at radius 2 is 2.15 bits per heavy atom. The molecule has 1 heteroatoms. The van der Waals surface area contributed by atoms with Gasteiger partial charge in [-0.2, -0.15) is 0 Å². The zero-order valence-electron chi connectivity index (χ0n) is 8.29. The fourth-order valence-corrected chi connectivity index (χ4v) is 1.06. The molecule has 0 heterocycles. The van der Waals surface area contributed by atoms with E-state index in [1.165, 1.54) is 0 Å². The van der Waals surface area contributed by atoms with Crippen molar-refractivity contribution in [3.05, 3.63) is 36.4 Å². The van der Waals surface area contributed by atoms with E-state index in [-0.39, 0.29) is 6.10 Å². The SMILES string of the molecule is C=Cc1ccccc1OC(C)CC. The molecular weight excluding hydrogens is 160 g/mol. The number of benzene rings is 1. The average Bonchev–Trinajstić information content (AvgIpc) is 2.18. The van der Waals surface area contributed by atoms with Crippen LogP contribution in [0.5, 0.6) is 5.75 Å². The van der Waals surface area contributed by atoms with Crippen molar-refractivity contribution in [2.24, 2.45) is 0 Å². The Hall–Kier alpha value is -1.24. The van der Waals surface area contributed by atoms with Gasteiger partial charge in [0.05, 0.1) is 6.10 Å². The first-order chi connectivity index (χ1) is 6.27. The van der Waals surface area contributed by atoms with E-state index in [2.05, 4.69) is 20.4 Å². The first kappa shape index (κ1) is 9.85. The second-order valence-corrected chi connectivity index (χ2v) is 3.08. The van der Waals surface area contributed by atoms with E-state index >= 15 is 0 Å². The fraction of sp³-hybridized carbons (Fsp3) is 0.333. The first-order valence-electron chi connectivity index (χ1n) is 4.66. The summed E-state index contributed by atoms with van der Waals surface area (Å²) in [5, 5.41) is 0. The summed E-state index contributed by atoms with van der Waals surface area (Å²) in [7, 11) is 0. The zero-order valence-corrected chi connectivity index (χ0v) is 8.29. The Bertz CT molecular complexity index is 278. The van der Waals surface area contributed by atoms with E-state index in [0.717, 1.165) is 17.7 Å². The molecule has 1 aromatic rings. The highest BCUT2D eigenvalue weighted by Crippen LogP contribution is 2.20. The highest BCUT2D eigenvalue weighted by Gasteiger charge is 2.03. The van der Waals surface area contributed by atoms with E-state index in [0.29, 0.717) is 0 Å². The van der Waals surface area contributed by atoms with E-state index in [4.69, 9.17) is 4.74 Å². The molecule has 1 rings (SSSR count). The molecule has 0 aliphatic rings. The molecule has 70 valence electrons. The van der Waals surface area contributed by atoms with Gasteiger partial charge < -0.3 is 4.74 Å². The Morgan fingerprint density at radius 1 is 1.46 bits per heavy atom. The van der Waals surface area contributed by atoms with Crippen LogP contribution in [0.15, 0.2) is 30.8 Å². The van der Waals surface area contributed by atoms with Crippen LogP contribution in [-0.4, -0.2) is 6.10 Å². The number of hydrogen-bond donors (Lipinski definition) is 0. The Kier molecular flexibility index (Phi) is 3.56. The highest BCUT2D eigenvalue weighted by molar-refractivity contribution is 5.55. The van der Waals surface area contributed by atoms with Crippen LogP contribution < -0.4 is 4.74 Å². The largest absolute Gasteiger partial charge is 0.490 e. The molecule has 0 bridgehead atoms. The van der Waals surface area contributed by atoms with Crippen LogP contribution in [0.2, 0.25) is 0 Å². The predicted molar refractivity (Wildman–Crippen MR) is 56.9 cm³/mol. The maximum atomic E-state index is 5.71. The van der Waals surface area contributed by atoms with E-state index in [1.54, 1.807) is 0 Å². The van der Waals surface area contributed by atoms with Crippen molar-refractivity contribution in [1.82, 2.24) is 0 Å². The van der Waals surface area contributed by atoms with Crippen LogP contribution in [0.4, 0.5) is 0 Å². The third-order valence-corrected chi connectivity index (χ3v) is 2.04. The Labute approximate surface area is 80.0 Å². The third kappa shape index (κ3) is 2.62. The Morgan fingerprint density at radius 3 is 2.77 bits per heavy atom. The summed E-state index contributed by atoms with van der Waals surface area (Å²) in [6, 6.07) is 7.94. The standard InChI is InChI=1S/C12H16O/c1-4-10(3)13-12-9-7-6-8-11(12)5-2/h5-10H,2,4H2,1,3H3.